The van der Waals surface area contributed by atoms with E-state index in [4.69, 9.17) is 29.2 Å². The molecule has 22 heteroatoms. The van der Waals surface area contributed by atoms with E-state index in [1.165, 1.54) is 64.2 Å². The number of amides is 5. The molecule has 1 unspecified atom stereocenters. The van der Waals surface area contributed by atoms with Gasteiger partial charge in [-0.05, 0) is 70.1 Å². The molecule has 5 amide bonds. The molecule has 0 spiro atoms. The number of carbonyl (C=O) groups excluding carboxylic acids is 5. The van der Waals surface area contributed by atoms with Gasteiger partial charge in [-0.15, -0.1) is 0 Å². The lowest BCUT2D eigenvalue weighted by atomic mass is 9.81. The van der Waals surface area contributed by atoms with Crippen LogP contribution in [0.15, 0.2) is 0 Å². The maximum atomic E-state index is 13.0. The van der Waals surface area contributed by atoms with E-state index in [1.54, 1.807) is 0 Å². The normalized spacial score (nSPS) is 15.2. The second-order valence-corrected chi connectivity index (χ2v) is 19.3. The highest BCUT2D eigenvalue weighted by molar-refractivity contribution is 7.13. The highest BCUT2D eigenvalue weighted by atomic mass is 31.0. The van der Waals surface area contributed by atoms with Crippen molar-refractivity contribution < 1.29 is 72.6 Å². The number of carbonyl (C=O) groups is 8. The van der Waals surface area contributed by atoms with Gasteiger partial charge in [-0.25, -0.2) is 4.79 Å². The van der Waals surface area contributed by atoms with Crippen molar-refractivity contribution in [3.8, 4) is 0 Å². The summed E-state index contributed by atoms with van der Waals surface area (Å²) >= 11 is 0. The predicted molar refractivity (Wildman–Crippen MR) is 278 cm³/mol. The zero-order chi connectivity index (χ0) is 53.6. The minimum atomic E-state index is -1.21. The SMILES string of the molecule is O=C(O)CCCCCCCCCCCCCCCCCCC(=O)NCC1CCC(C(=O)N[C@@H](CCC(=O)NCCOCCOCC(=O)NCCOCCOCC(=O)NCCCC[C@H](NP)C(=O)O)C(=O)O)CC1. The summed E-state index contributed by atoms with van der Waals surface area (Å²) in [5.74, 6) is -4.11. The number of unbranched alkanes of at least 4 members (excludes halogenated alkanes) is 16. The van der Waals surface area contributed by atoms with Gasteiger partial charge in [0.2, 0.25) is 29.5 Å². The van der Waals surface area contributed by atoms with Crippen molar-refractivity contribution in [2.45, 2.75) is 185 Å². The summed E-state index contributed by atoms with van der Waals surface area (Å²) in [6.45, 7) is 2.33. The zero-order valence-electron chi connectivity index (χ0n) is 43.7. The molecule has 0 heterocycles. The Kier molecular flexibility index (Phi) is 42.7. The highest BCUT2D eigenvalue weighted by Crippen LogP contribution is 2.29. The fraction of sp³-hybridized carbons (Fsp3) is 0.843. The fourth-order valence-electron chi connectivity index (χ4n) is 8.30. The number of carboxylic acid groups (broad SMARTS) is 3. The molecule has 0 aromatic carbocycles. The third-order valence-corrected chi connectivity index (χ3v) is 13.1. The number of hydrogen-bond donors (Lipinski definition) is 9. The molecule has 1 saturated carbocycles. The van der Waals surface area contributed by atoms with Gasteiger partial charge in [0.15, 0.2) is 0 Å². The van der Waals surface area contributed by atoms with Crippen molar-refractivity contribution >= 4 is 56.8 Å². The molecule has 1 fully saturated rings. The average molecular weight is 1060 g/mol. The largest absolute Gasteiger partial charge is 0.481 e. The van der Waals surface area contributed by atoms with E-state index in [9.17, 15) is 43.5 Å². The highest BCUT2D eigenvalue weighted by Gasteiger charge is 2.30. The van der Waals surface area contributed by atoms with Crippen LogP contribution in [0.25, 0.3) is 0 Å². The maximum absolute atomic E-state index is 13.0. The average Bonchev–Trinajstić information content (AvgIpc) is 3.36. The first-order chi connectivity index (χ1) is 35.3. The van der Waals surface area contributed by atoms with Gasteiger partial charge in [0.1, 0.15) is 25.3 Å². The molecule has 21 nitrogen and oxygen atoms in total. The van der Waals surface area contributed by atoms with Crippen molar-refractivity contribution in [2.75, 3.05) is 79.0 Å². The lowest BCUT2D eigenvalue weighted by Crippen LogP contribution is -2.45. The van der Waals surface area contributed by atoms with E-state index >= 15 is 0 Å². The third kappa shape index (κ3) is 41.0. The second kappa shape index (κ2) is 46.5. The topological polar surface area (TPSA) is 306 Å². The van der Waals surface area contributed by atoms with Gasteiger partial charge in [-0.1, -0.05) is 99.3 Å². The van der Waals surface area contributed by atoms with Crippen LogP contribution in [0.2, 0.25) is 0 Å². The monoisotopic (exact) mass is 1060 g/mol. The minimum Gasteiger partial charge on any atom is -0.481 e. The molecule has 1 aliphatic rings. The molecule has 0 aromatic heterocycles. The lowest BCUT2D eigenvalue weighted by Gasteiger charge is -2.28. The van der Waals surface area contributed by atoms with Gasteiger partial charge >= 0.3 is 17.9 Å². The molecule has 0 aromatic rings. The first-order valence-corrected chi connectivity index (χ1v) is 27.7. The van der Waals surface area contributed by atoms with Crippen LogP contribution in [-0.4, -0.2) is 154 Å². The molecule has 0 radical (unpaired) electrons. The number of aliphatic carboxylic acids is 3. The van der Waals surface area contributed by atoms with Crippen LogP contribution >= 0.6 is 9.39 Å². The number of rotatable bonds is 50. The van der Waals surface area contributed by atoms with E-state index in [2.05, 4.69) is 41.1 Å². The van der Waals surface area contributed by atoms with E-state index in [0.717, 1.165) is 51.4 Å². The van der Waals surface area contributed by atoms with Gasteiger partial charge in [-0.2, -0.15) is 0 Å². The Morgan fingerprint density at radius 1 is 0.438 bits per heavy atom. The van der Waals surface area contributed by atoms with Crippen molar-refractivity contribution in [2.24, 2.45) is 11.8 Å². The third-order valence-electron chi connectivity index (χ3n) is 12.7. The minimum absolute atomic E-state index is 0.0608. The summed E-state index contributed by atoms with van der Waals surface area (Å²) in [6.07, 6.45) is 23.8. The standard InChI is InChI=1S/C51H93N6O15P/c58-44(20-15-13-11-9-7-5-3-1-2-4-6-8-10-12-14-16-21-48(62)63)55-37-40-22-24-41(25-23-40)49(64)56-42(50(65)66)26-27-45(59)53-29-31-69-33-36-72-39-47(61)54-30-32-70-34-35-71-38-46(60)52-28-18-17-19-43(57-73)51(67)68/h40-43,57H,1-39,73H2,(H,52,60)(H,53,59)(H,54,61)(H,55,58)(H,56,64)(H,62,63)(H,65,66)(H,67,68)/t40?,41?,42-,43-/m0/s1. The van der Waals surface area contributed by atoms with Crippen LogP contribution in [0, 0.1) is 11.8 Å². The number of carboxylic acids is 3. The Morgan fingerprint density at radius 2 is 0.877 bits per heavy atom. The van der Waals surface area contributed by atoms with Crippen molar-refractivity contribution in [3.05, 3.63) is 0 Å². The summed E-state index contributed by atoms with van der Waals surface area (Å²) in [6, 6.07) is -1.83. The van der Waals surface area contributed by atoms with Crippen LogP contribution in [0.5, 0.6) is 0 Å². The number of ether oxygens (including phenoxy) is 4. The first-order valence-electron chi connectivity index (χ1n) is 27.1. The summed E-state index contributed by atoms with van der Waals surface area (Å²) in [5.41, 5.74) is 0. The summed E-state index contributed by atoms with van der Waals surface area (Å²) in [7, 11) is 2.19. The van der Waals surface area contributed by atoms with Gasteiger partial charge in [0, 0.05) is 51.4 Å². The zero-order valence-corrected chi connectivity index (χ0v) is 44.9. The maximum Gasteiger partial charge on any atom is 0.326 e. The molecule has 73 heavy (non-hydrogen) atoms. The van der Waals surface area contributed by atoms with Crippen LogP contribution in [-0.2, 0) is 57.3 Å². The van der Waals surface area contributed by atoms with E-state index in [0.29, 0.717) is 51.6 Å². The molecule has 1 aliphatic carbocycles. The molecule has 0 bridgehead atoms. The Morgan fingerprint density at radius 3 is 1.36 bits per heavy atom. The van der Waals surface area contributed by atoms with Crippen LogP contribution in [0.1, 0.15) is 173 Å². The Bertz CT molecular complexity index is 1520. The quantitative estimate of drug-likeness (QED) is 0.0292. The molecule has 422 valence electrons. The van der Waals surface area contributed by atoms with Crippen molar-refractivity contribution in [1.82, 2.24) is 31.7 Å². The Balaban J connectivity index is 1.97. The predicted octanol–water partition coefficient (Wildman–Crippen LogP) is 4.78. The first kappa shape index (κ1) is 67.0. The molecule has 0 saturated heterocycles. The second-order valence-electron chi connectivity index (χ2n) is 18.9. The van der Waals surface area contributed by atoms with Crippen LogP contribution in [0.3, 0.4) is 0 Å². The number of hydrogen-bond acceptors (Lipinski definition) is 13. The molecular formula is C51H93N6O15P. The molecule has 9 N–H and O–H groups in total. The molecule has 0 aliphatic heterocycles. The van der Waals surface area contributed by atoms with Gasteiger partial charge in [0.25, 0.3) is 0 Å². The Labute approximate surface area is 436 Å². The lowest BCUT2D eigenvalue weighted by molar-refractivity contribution is -0.143. The Hall–Kier alpha value is -4.01. The van der Waals surface area contributed by atoms with Crippen LogP contribution in [0.4, 0.5) is 0 Å². The molecule has 3 atom stereocenters. The summed E-state index contributed by atoms with van der Waals surface area (Å²) in [5, 5.41) is 43.7. The molecule has 1 rings (SSSR count). The number of nitrogens with one attached hydrogen (secondary N) is 6. The van der Waals surface area contributed by atoms with Crippen LogP contribution < -0.4 is 31.7 Å². The van der Waals surface area contributed by atoms with Gasteiger partial charge in [-0.3, -0.25) is 38.6 Å². The summed E-state index contributed by atoms with van der Waals surface area (Å²) < 4.78 is 21.4. The van der Waals surface area contributed by atoms with Gasteiger partial charge in [0.05, 0.1) is 39.6 Å². The fourth-order valence-corrected chi connectivity index (χ4v) is 8.61. The van der Waals surface area contributed by atoms with E-state index in [1.807, 2.05) is 0 Å². The summed E-state index contributed by atoms with van der Waals surface area (Å²) in [4.78, 5) is 95.0. The van der Waals surface area contributed by atoms with E-state index < -0.39 is 30.0 Å². The smallest absolute Gasteiger partial charge is 0.326 e. The van der Waals surface area contributed by atoms with E-state index in [-0.39, 0.29) is 127 Å². The van der Waals surface area contributed by atoms with Crippen molar-refractivity contribution in [3.63, 3.8) is 0 Å². The van der Waals surface area contributed by atoms with Gasteiger partial charge < -0.3 is 60.9 Å². The molecular weight excluding hydrogens is 968 g/mol. The van der Waals surface area contributed by atoms with Crippen molar-refractivity contribution in [1.29, 1.82) is 0 Å².